The minimum absolute atomic E-state index is 0.307. The summed E-state index contributed by atoms with van der Waals surface area (Å²) in [7, 11) is 4.03. The average Bonchev–Trinajstić information content (AvgIpc) is 4.09. The van der Waals surface area contributed by atoms with Crippen molar-refractivity contribution in [1.29, 1.82) is 0 Å². The largest absolute Gasteiger partial charge is 0.478 e. The van der Waals surface area contributed by atoms with E-state index in [-0.39, 0.29) is 0 Å². The number of hydrogen-bond acceptors (Lipinski definition) is 5. The van der Waals surface area contributed by atoms with Gasteiger partial charge in [-0.2, -0.15) is 0 Å². The summed E-state index contributed by atoms with van der Waals surface area (Å²) in [5.41, 5.74) is 10.2. The van der Waals surface area contributed by atoms with Crippen LogP contribution in [0.2, 0.25) is 0 Å². The highest BCUT2D eigenvalue weighted by atomic mass is 79.9. The molecule has 266 valence electrons. The Kier molecular flexibility index (Phi) is 9.16. The molecule has 0 bridgehead atoms. The van der Waals surface area contributed by atoms with Crippen molar-refractivity contribution < 1.29 is 19.8 Å². The molecule has 0 unspecified atom stereocenters. The summed E-state index contributed by atoms with van der Waals surface area (Å²) in [6.45, 7) is 0. The van der Waals surface area contributed by atoms with Crippen LogP contribution in [0.5, 0.6) is 0 Å². The molecule has 9 nitrogen and oxygen atoms in total. The Morgan fingerprint density at radius 1 is 0.698 bits per heavy atom. The Labute approximate surface area is 315 Å². The second-order valence-electron chi connectivity index (χ2n) is 14.2. The topological polar surface area (TPSA) is 123 Å². The number of carboxylic acid groups (broad SMARTS) is 2. The van der Waals surface area contributed by atoms with Crippen LogP contribution < -0.4 is 0 Å². The van der Waals surface area contributed by atoms with Gasteiger partial charge in [-0.25, -0.2) is 9.59 Å². The number of aryl methyl sites for hydroxylation is 2. The number of carboxylic acids is 2. The molecular weight excluding hydrogens is 730 g/mol. The van der Waals surface area contributed by atoms with E-state index in [1.807, 2.05) is 69.2 Å². The number of aromatic nitrogens is 5. The second-order valence-corrected chi connectivity index (χ2v) is 15.1. The monoisotopic (exact) mass is 767 g/mol. The number of fused-ring (bicyclic) bond motifs is 2. The van der Waals surface area contributed by atoms with Crippen LogP contribution in [0.4, 0.5) is 0 Å². The van der Waals surface area contributed by atoms with Crippen molar-refractivity contribution in [1.82, 2.24) is 24.1 Å². The summed E-state index contributed by atoms with van der Waals surface area (Å²) >= 11 is 3.62. The average molecular weight is 769 g/mol. The molecule has 2 saturated carbocycles. The lowest BCUT2D eigenvalue weighted by molar-refractivity contribution is 0.0684. The zero-order valence-corrected chi connectivity index (χ0v) is 31.0. The van der Waals surface area contributed by atoms with E-state index in [2.05, 4.69) is 70.3 Å². The van der Waals surface area contributed by atoms with Crippen LogP contribution in [0, 0.1) is 0 Å². The van der Waals surface area contributed by atoms with Gasteiger partial charge in [0, 0.05) is 78.7 Å². The van der Waals surface area contributed by atoms with Gasteiger partial charge >= 0.3 is 11.9 Å². The summed E-state index contributed by atoms with van der Waals surface area (Å²) in [5.74, 6) is -0.842. The number of halogens is 1. The third kappa shape index (κ3) is 7.24. The maximum Gasteiger partial charge on any atom is 0.337 e. The second kappa shape index (κ2) is 14.1. The first-order valence-electron chi connectivity index (χ1n) is 17.8. The van der Waals surface area contributed by atoms with E-state index in [0.29, 0.717) is 47.2 Å². The van der Waals surface area contributed by atoms with E-state index in [9.17, 15) is 19.8 Å². The minimum Gasteiger partial charge on any atom is -0.478 e. The highest BCUT2D eigenvalue weighted by molar-refractivity contribution is 9.10. The van der Waals surface area contributed by atoms with E-state index < -0.39 is 11.9 Å². The molecule has 2 aliphatic rings. The van der Waals surface area contributed by atoms with Crippen molar-refractivity contribution in [3.63, 3.8) is 0 Å². The number of benzene rings is 2. The van der Waals surface area contributed by atoms with Gasteiger partial charge in [0.15, 0.2) is 0 Å². The number of pyridine rings is 3. The van der Waals surface area contributed by atoms with E-state index in [4.69, 9.17) is 0 Å². The maximum atomic E-state index is 11.9. The molecule has 0 amide bonds. The molecule has 9 rings (SSSR count). The summed E-state index contributed by atoms with van der Waals surface area (Å²) in [5, 5.41) is 21.5. The summed E-state index contributed by atoms with van der Waals surface area (Å²) < 4.78 is 5.16. The molecule has 10 heteroatoms. The lowest BCUT2D eigenvalue weighted by atomic mass is 9.98. The van der Waals surface area contributed by atoms with Crippen LogP contribution in [-0.2, 0) is 26.9 Å². The van der Waals surface area contributed by atoms with Crippen LogP contribution in [0.1, 0.15) is 91.9 Å². The van der Waals surface area contributed by atoms with Crippen LogP contribution in [0.3, 0.4) is 0 Å². The van der Waals surface area contributed by atoms with Crippen molar-refractivity contribution in [3.8, 4) is 11.3 Å². The molecule has 53 heavy (non-hydrogen) atoms. The number of rotatable bonds is 9. The van der Waals surface area contributed by atoms with Gasteiger partial charge in [0.25, 0.3) is 0 Å². The molecule has 0 aliphatic heterocycles. The zero-order valence-electron chi connectivity index (χ0n) is 29.5. The normalized spacial score (nSPS) is 13.9. The van der Waals surface area contributed by atoms with Gasteiger partial charge in [-0.1, -0.05) is 6.07 Å². The van der Waals surface area contributed by atoms with Crippen LogP contribution in [0.25, 0.3) is 33.1 Å². The smallest absolute Gasteiger partial charge is 0.337 e. The Hall–Kier alpha value is -5.61. The number of nitrogens with zero attached hydrogens (tertiary/aromatic N) is 5. The fraction of sp³-hybridized carbons (Fsp3) is 0.233. The molecule has 5 heterocycles. The van der Waals surface area contributed by atoms with Gasteiger partial charge in [0.1, 0.15) is 0 Å². The molecule has 7 aromatic rings. The third-order valence-corrected chi connectivity index (χ3v) is 10.8. The SMILES string of the molecule is Cn1ccc2cc(Cc3ncc(C4CC4)cc3C(=O)O)cc(-c3ccccn3)c21.Cn1ccc2cc(Cc3ncc(C4CC4)cc3C(=O)O)cc(Br)c21. The molecule has 0 saturated heterocycles. The van der Waals surface area contributed by atoms with Gasteiger partial charge in [-0.3, -0.25) is 15.0 Å². The van der Waals surface area contributed by atoms with Crippen molar-refractivity contribution in [2.45, 2.75) is 50.4 Å². The molecule has 2 fully saturated rings. The molecule has 0 spiro atoms. The molecule has 2 N–H and O–H groups in total. The third-order valence-electron chi connectivity index (χ3n) is 10.2. The zero-order chi connectivity index (χ0) is 36.8. The quantitative estimate of drug-likeness (QED) is 0.150. The first kappa shape index (κ1) is 34.5. The van der Waals surface area contributed by atoms with Crippen LogP contribution >= 0.6 is 15.9 Å². The number of hydrogen-bond donors (Lipinski definition) is 2. The molecule has 5 aromatic heterocycles. The van der Waals surface area contributed by atoms with Gasteiger partial charge in [-0.15, -0.1) is 0 Å². The molecule has 2 aliphatic carbocycles. The van der Waals surface area contributed by atoms with Gasteiger partial charge < -0.3 is 19.3 Å². The van der Waals surface area contributed by atoms with Crippen LogP contribution in [0.15, 0.2) is 102 Å². The highest BCUT2D eigenvalue weighted by Crippen LogP contribution is 2.41. The lowest BCUT2D eigenvalue weighted by Crippen LogP contribution is -2.07. The van der Waals surface area contributed by atoms with E-state index in [0.717, 1.165) is 85.5 Å². The van der Waals surface area contributed by atoms with Crippen molar-refractivity contribution in [2.75, 3.05) is 0 Å². The first-order valence-corrected chi connectivity index (χ1v) is 18.6. The fourth-order valence-electron chi connectivity index (χ4n) is 7.21. The minimum atomic E-state index is -0.916. The van der Waals surface area contributed by atoms with Gasteiger partial charge in [0.05, 0.1) is 39.2 Å². The van der Waals surface area contributed by atoms with Crippen molar-refractivity contribution in [2.24, 2.45) is 14.1 Å². The Morgan fingerprint density at radius 2 is 1.23 bits per heavy atom. The maximum absolute atomic E-state index is 11.9. The van der Waals surface area contributed by atoms with Crippen molar-refractivity contribution >= 4 is 49.7 Å². The Bertz CT molecular complexity index is 2530. The summed E-state index contributed by atoms with van der Waals surface area (Å²) in [4.78, 5) is 37.0. The van der Waals surface area contributed by atoms with Gasteiger partial charge in [0.2, 0.25) is 0 Å². The van der Waals surface area contributed by atoms with E-state index in [1.165, 1.54) is 0 Å². The van der Waals surface area contributed by atoms with Gasteiger partial charge in [-0.05, 0) is 136 Å². The fourth-order valence-corrected chi connectivity index (χ4v) is 8.01. The predicted octanol–water partition coefficient (Wildman–Crippen LogP) is 9.30. The number of aromatic carboxylic acids is 2. The highest BCUT2D eigenvalue weighted by Gasteiger charge is 2.27. The summed E-state index contributed by atoms with van der Waals surface area (Å²) in [6.07, 6.45) is 15.0. The lowest BCUT2D eigenvalue weighted by Gasteiger charge is -2.11. The molecule has 2 aromatic carbocycles. The predicted molar refractivity (Wildman–Crippen MR) is 209 cm³/mol. The Balaban J connectivity index is 0.000000154. The summed E-state index contributed by atoms with van der Waals surface area (Å²) in [6, 6.07) is 22.0. The standard InChI is InChI=1S/C24H21N3O2.C19H17BrN2O2/c1-27-9-7-17-10-15(11-19(23(17)27)21-4-2-3-8-25-21)12-22-20(24(28)29)13-18(14-26-22)16-5-6-16;1-22-5-4-13-6-11(7-16(20)18(13)22)8-17-15(19(23)24)9-14(10-21-17)12-2-3-12/h2-4,7-11,13-14,16H,5-6,12H2,1H3,(H,28,29);4-7,9-10,12H,2-3,8H2,1H3,(H,23,24). The Morgan fingerprint density at radius 3 is 1.74 bits per heavy atom. The number of carbonyl (C=O) groups is 2. The van der Waals surface area contributed by atoms with E-state index in [1.54, 1.807) is 12.3 Å². The molecule has 0 atom stereocenters. The molecular formula is C43H38BrN5O4. The van der Waals surface area contributed by atoms with E-state index >= 15 is 0 Å². The molecule has 0 radical (unpaired) electrons. The van der Waals surface area contributed by atoms with Crippen molar-refractivity contribution in [3.05, 3.63) is 147 Å². The first-order chi connectivity index (χ1) is 25.6. The van der Waals surface area contributed by atoms with Crippen LogP contribution in [-0.4, -0.2) is 46.2 Å².